The van der Waals surface area contributed by atoms with Crippen LogP contribution in [-0.2, 0) is 4.79 Å². The molecule has 1 aromatic heterocycles. The zero-order valence-electron chi connectivity index (χ0n) is 14.0. The summed E-state index contributed by atoms with van der Waals surface area (Å²) < 4.78 is 1.61. The standard InChI is InChI=1S/C17H20N4O3/c1-11-6-4-7-13(10-11)21-12(2)14(18-19-21)15(22)20-9-5-8-17(20,3)16(23)24/h4,6-7,10H,5,8-9H2,1-3H3,(H,23,24). The molecule has 1 unspecified atom stereocenters. The summed E-state index contributed by atoms with van der Waals surface area (Å²) in [4.78, 5) is 25.8. The van der Waals surface area contributed by atoms with Crippen molar-refractivity contribution in [3.05, 3.63) is 41.2 Å². The van der Waals surface area contributed by atoms with Crippen molar-refractivity contribution in [2.45, 2.75) is 39.2 Å². The predicted molar refractivity (Wildman–Crippen MR) is 87.1 cm³/mol. The molecular formula is C17H20N4O3. The van der Waals surface area contributed by atoms with Gasteiger partial charge in [-0.25, -0.2) is 9.48 Å². The molecule has 1 saturated heterocycles. The summed E-state index contributed by atoms with van der Waals surface area (Å²) in [6.07, 6.45) is 1.11. The van der Waals surface area contributed by atoms with Crippen molar-refractivity contribution < 1.29 is 14.7 Å². The molecule has 1 atom stereocenters. The summed E-state index contributed by atoms with van der Waals surface area (Å²) in [6, 6.07) is 7.73. The van der Waals surface area contributed by atoms with Gasteiger partial charge in [-0.05, 0) is 51.3 Å². The van der Waals surface area contributed by atoms with Crippen LogP contribution in [0, 0.1) is 13.8 Å². The Morgan fingerprint density at radius 1 is 1.29 bits per heavy atom. The smallest absolute Gasteiger partial charge is 0.329 e. The number of benzene rings is 1. The Hall–Kier alpha value is -2.70. The lowest BCUT2D eigenvalue weighted by Gasteiger charge is -2.30. The molecule has 1 amide bonds. The zero-order chi connectivity index (χ0) is 17.5. The van der Waals surface area contributed by atoms with E-state index in [4.69, 9.17) is 0 Å². The van der Waals surface area contributed by atoms with E-state index < -0.39 is 11.5 Å². The second-order valence-electron chi connectivity index (χ2n) is 6.41. The van der Waals surface area contributed by atoms with E-state index in [2.05, 4.69) is 10.3 Å². The number of carbonyl (C=O) groups excluding carboxylic acids is 1. The van der Waals surface area contributed by atoms with Crippen molar-refractivity contribution in [2.75, 3.05) is 6.54 Å². The van der Waals surface area contributed by atoms with E-state index >= 15 is 0 Å². The van der Waals surface area contributed by atoms with E-state index in [9.17, 15) is 14.7 Å². The molecule has 1 aliphatic heterocycles. The average Bonchev–Trinajstić information content (AvgIpc) is 3.11. The van der Waals surface area contributed by atoms with Gasteiger partial charge >= 0.3 is 5.97 Å². The summed E-state index contributed by atoms with van der Waals surface area (Å²) in [5, 5.41) is 17.6. The molecule has 0 spiro atoms. The normalized spacial score (nSPS) is 20.4. The fourth-order valence-electron chi connectivity index (χ4n) is 3.17. The van der Waals surface area contributed by atoms with Gasteiger partial charge in [0, 0.05) is 6.54 Å². The number of nitrogens with zero attached hydrogens (tertiary/aromatic N) is 4. The number of carboxylic acids is 1. The second kappa shape index (κ2) is 5.74. The minimum Gasteiger partial charge on any atom is -0.480 e. The second-order valence-corrected chi connectivity index (χ2v) is 6.41. The minimum absolute atomic E-state index is 0.200. The van der Waals surface area contributed by atoms with Crippen LogP contribution in [0.1, 0.15) is 41.5 Å². The highest BCUT2D eigenvalue weighted by Crippen LogP contribution is 2.31. The summed E-state index contributed by atoms with van der Waals surface area (Å²) in [5.74, 6) is -1.37. The fraction of sp³-hybridized carbons (Fsp3) is 0.412. The van der Waals surface area contributed by atoms with Gasteiger partial charge in [0.1, 0.15) is 5.54 Å². The van der Waals surface area contributed by atoms with Gasteiger partial charge < -0.3 is 10.0 Å². The van der Waals surface area contributed by atoms with E-state index in [1.807, 2.05) is 31.2 Å². The minimum atomic E-state index is -1.18. The van der Waals surface area contributed by atoms with Crippen molar-refractivity contribution in [1.29, 1.82) is 0 Å². The largest absolute Gasteiger partial charge is 0.480 e. The van der Waals surface area contributed by atoms with Crippen molar-refractivity contribution >= 4 is 11.9 Å². The topological polar surface area (TPSA) is 88.3 Å². The van der Waals surface area contributed by atoms with Crippen LogP contribution in [0.15, 0.2) is 24.3 Å². The van der Waals surface area contributed by atoms with E-state index in [0.29, 0.717) is 25.1 Å². The number of aromatic nitrogens is 3. The quantitative estimate of drug-likeness (QED) is 0.930. The Labute approximate surface area is 139 Å². The van der Waals surface area contributed by atoms with Crippen LogP contribution in [0.2, 0.25) is 0 Å². The fourth-order valence-corrected chi connectivity index (χ4v) is 3.17. The van der Waals surface area contributed by atoms with Crippen LogP contribution in [0.3, 0.4) is 0 Å². The van der Waals surface area contributed by atoms with Gasteiger partial charge in [0.25, 0.3) is 5.91 Å². The van der Waals surface area contributed by atoms with Gasteiger partial charge in [-0.15, -0.1) is 5.10 Å². The summed E-state index contributed by atoms with van der Waals surface area (Å²) >= 11 is 0. The first kappa shape index (κ1) is 16.2. The molecule has 0 bridgehead atoms. The number of hydrogen-bond donors (Lipinski definition) is 1. The van der Waals surface area contributed by atoms with Crippen molar-refractivity contribution in [3.8, 4) is 5.69 Å². The van der Waals surface area contributed by atoms with E-state index in [-0.39, 0.29) is 11.6 Å². The van der Waals surface area contributed by atoms with Gasteiger partial charge in [-0.1, -0.05) is 17.3 Å². The van der Waals surface area contributed by atoms with Crippen molar-refractivity contribution in [3.63, 3.8) is 0 Å². The molecule has 0 radical (unpaired) electrons. The Kier molecular flexibility index (Phi) is 3.87. The van der Waals surface area contributed by atoms with Gasteiger partial charge in [0.2, 0.25) is 0 Å². The number of amides is 1. The Balaban J connectivity index is 1.97. The van der Waals surface area contributed by atoms with Crippen LogP contribution in [0.5, 0.6) is 0 Å². The maximum Gasteiger partial charge on any atom is 0.329 e. The average molecular weight is 328 g/mol. The lowest BCUT2D eigenvalue weighted by atomic mass is 9.99. The summed E-state index contributed by atoms with van der Waals surface area (Å²) in [5.41, 5.74) is 1.52. The zero-order valence-corrected chi connectivity index (χ0v) is 14.0. The van der Waals surface area contributed by atoms with Gasteiger partial charge in [0.15, 0.2) is 5.69 Å². The monoisotopic (exact) mass is 328 g/mol. The molecule has 1 aromatic carbocycles. The first-order valence-corrected chi connectivity index (χ1v) is 7.89. The van der Waals surface area contributed by atoms with E-state index in [0.717, 1.165) is 11.3 Å². The molecule has 0 saturated carbocycles. The molecule has 1 fully saturated rings. The molecule has 1 aliphatic rings. The number of carbonyl (C=O) groups is 2. The maximum atomic E-state index is 12.8. The van der Waals surface area contributed by atoms with Gasteiger partial charge in [0.05, 0.1) is 11.4 Å². The Morgan fingerprint density at radius 3 is 2.71 bits per heavy atom. The first-order chi connectivity index (χ1) is 11.3. The number of aryl methyl sites for hydroxylation is 1. The van der Waals surface area contributed by atoms with Gasteiger partial charge in [-0.3, -0.25) is 4.79 Å². The number of aliphatic carboxylic acids is 1. The highest BCUT2D eigenvalue weighted by atomic mass is 16.4. The molecule has 7 heteroatoms. The van der Waals surface area contributed by atoms with E-state index in [1.165, 1.54) is 4.90 Å². The predicted octanol–water partition coefficient (Wildman–Crippen LogP) is 1.96. The van der Waals surface area contributed by atoms with Crippen LogP contribution < -0.4 is 0 Å². The van der Waals surface area contributed by atoms with Crippen LogP contribution in [0.4, 0.5) is 0 Å². The molecule has 3 rings (SSSR count). The number of likely N-dealkylation sites (tertiary alicyclic amines) is 1. The number of hydrogen-bond acceptors (Lipinski definition) is 4. The molecular weight excluding hydrogens is 308 g/mol. The molecule has 0 aliphatic carbocycles. The highest BCUT2D eigenvalue weighted by molar-refractivity contribution is 5.97. The molecule has 24 heavy (non-hydrogen) atoms. The molecule has 7 nitrogen and oxygen atoms in total. The number of rotatable bonds is 3. The third-order valence-electron chi connectivity index (χ3n) is 4.69. The third-order valence-corrected chi connectivity index (χ3v) is 4.69. The lowest BCUT2D eigenvalue weighted by molar-refractivity contribution is -0.147. The molecule has 2 heterocycles. The molecule has 126 valence electrons. The molecule has 1 N–H and O–H groups in total. The SMILES string of the molecule is Cc1cccc(-n2nnc(C(=O)N3CCCC3(C)C(=O)O)c2C)c1. The summed E-state index contributed by atoms with van der Waals surface area (Å²) in [7, 11) is 0. The van der Waals surface area contributed by atoms with Crippen LogP contribution in [-0.4, -0.2) is 49.0 Å². The Morgan fingerprint density at radius 2 is 2.04 bits per heavy atom. The summed E-state index contributed by atoms with van der Waals surface area (Å²) in [6.45, 7) is 5.74. The third kappa shape index (κ3) is 2.46. The highest BCUT2D eigenvalue weighted by Gasteiger charge is 2.47. The van der Waals surface area contributed by atoms with Crippen LogP contribution >= 0.6 is 0 Å². The number of carboxylic acid groups (broad SMARTS) is 1. The van der Waals surface area contributed by atoms with Crippen molar-refractivity contribution in [1.82, 2.24) is 19.9 Å². The lowest BCUT2D eigenvalue weighted by Crippen LogP contribution is -2.51. The first-order valence-electron chi connectivity index (χ1n) is 7.89. The van der Waals surface area contributed by atoms with Crippen molar-refractivity contribution in [2.24, 2.45) is 0 Å². The van der Waals surface area contributed by atoms with Gasteiger partial charge in [-0.2, -0.15) is 0 Å². The molecule has 2 aromatic rings. The maximum absolute atomic E-state index is 12.8. The Bertz CT molecular complexity index is 814. The van der Waals surface area contributed by atoms with Crippen LogP contribution in [0.25, 0.3) is 5.69 Å². The van der Waals surface area contributed by atoms with E-state index in [1.54, 1.807) is 18.5 Å².